The smallest absolute Gasteiger partial charge is 0.232 e. The van der Waals surface area contributed by atoms with Gasteiger partial charge in [0.2, 0.25) is 5.03 Å². The molecule has 0 aromatic rings. The van der Waals surface area contributed by atoms with Crippen molar-refractivity contribution in [3.8, 4) is 6.19 Å². The summed E-state index contributed by atoms with van der Waals surface area (Å²) in [6, 6.07) is 0. The van der Waals surface area contributed by atoms with Crippen molar-refractivity contribution in [2.75, 3.05) is 6.61 Å². The Morgan fingerprint density at radius 1 is 1.67 bits per heavy atom. The Kier molecular flexibility index (Phi) is 3.24. The number of alkyl halides is 3. The lowest BCUT2D eigenvalue weighted by Gasteiger charge is -2.06. The summed E-state index contributed by atoms with van der Waals surface area (Å²) in [5.74, 6) is 0. The van der Waals surface area contributed by atoms with E-state index in [2.05, 4.69) is 4.84 Å². The minimum Gasteiger partial charge on any atom is -0.232 e. The van der Waals surface area contributed by atoms with Gasteiger partial charge in [-0.15, -0.1) is 0 Å². The second-order valence-electron chi connectivity index (χ2n) is 1.50. The molecule has 0 saturated carbocycles. The second-order valence-corrected chi connectivity index (χ2v) is 1.50. The summed E-state index contributed by atoms with van der Waals surface area (Å²) in [4.78, 5) is 13.1. The molecule has 0 aliphatic rings. The van der Waals surface area contributed by atoms with Gasteiger partial charge >= 0.3 is 6.18 Å². The molecule has 0 rings (SSSR count). The first-order valence-corrected chi connectivity index (χ1v) is 2.40. The predicted octanol–water partition coefficient (Wildman–Crippen LogP) is 0.455. The van der Waals surface area contributed by atoms with Gasteiger partial charge in [-0.1, -0.05) is 0 Å². The van der Waals surface area contributed by atoms with Crippen molar-refractivity contribution in [3.05, 3.63) is 10.1 Å². The minimum absolute atomic E-state index is 0.673. The van der Waals surface area contributed by atoms with Crippen molar-refractivity contribution in [1.82, 2.24) is 5.17 Å². The number of nitrogens with zero attached hydrogens (tertiary/aromatic N) is 3. The van der Waals surface area contributed by atoms with Crippen LogP contribution < -0.4 is 0 Å². The summed E-state index contributed by atoms with van der Waals surface area (Å²) in [6.45, 7) is -1.87. The first kappa shape index (κ1) is 10.4. The lowest BCUT2D eigenvalue weighted by molar-refractivity contribution is -0.715. The fourth-order valence-electron chi connectivity index (χ4n) is 0.247. The number of hydroxylamine groups is 1. The number of nitro groups is 1. The van der Waals surface area contributed by atoms with Crippen molar-refractivity contribution in [1.29, 1.82) is 5.26 Å². The Balaban J connectivity index is 3.92. The fraction of sp³-hybridized carbons (Fsp3) is 0.667. The molecule has 0 aliphatic carbocycles. The van der Waals surface area contributed by atoms with Crippen LogP contribution in [-0.2, 0) is 4.84 Å². The van der Waals surface area contributed by atoms with Gasteiger partial charge in [0.25, 0.3) is 6.19 Å². The molecule has 0 unspecified atom stereocenters. The Bertz CT molecular complexity index is 209. The zero-order valence-electron chi connectivity index (χ0n) is 5.41. The number of hydrazine groups is 1. The van der Waals surface area contributed by atoms with Crippen LogP contribution in [0.25, 0.3) is 0 Å². The van der Waals surface area contributed by atoms with Gasteiger partial charge in [0, 0.05) is 0 Å². The third-order valence-electron chi connectivity index (χ3n) is 0.584. The molecule has 68 valence electrons. The van der Waals surface area contributed by atoms with Crippen LogP contribution in [0.4, 0.5) is 13.2 Å². The van der Waals surface area contributed by atoms with E-state index in [1.807, 2.05) is 0 Å². The van der Waals surface area contributed by atoms with Crippen LogP contribution in [0.5, 0.6) is 0 Å². The van der Waals surface area contributed by atoms with Crippen LogP contribution in [0.2, 0.25) is 0 Å². The van der Waals surface area contributed by atoms with Crippen LogP contribution in [-0.4, -0.2) is 23.0 Å². The highest BCUT2D eigenvalue weighted by Gasteiger charge is 2.31. The molecule has 0 fully saturated rings. The topological polar surface area (TPSA) is 79.4 Å². The van der Waals surface area contributed by atoms with Gasteiger partial charge in [0.05, 0.1) is 0 Å². The highest BCUT2D eigenvalue weighted by Crippen LogP contribution is 2.14. The Labute approximate surface area is 63.8 Å². The lowest BCUT2D eigenvalue weighted by atomic mass is 10.7. The first-order valence-electron chi connectivity index (χ1n) is 2.40. The molecule has 0 amide bonds. The van der Waals surface area contributed by atoms with E-state index in [-0.39, 0.29) is 0 Å². The van der Waals surface area contributed by atoms with E-state index in [0.29, 0.717) is 0 Å². The van der Waals surface area contributed by atoms with E-state index >= 15 is 0 Å². The van der Waals surface area contributed by atoms with Crippen LogP contribution >= 0.6 is 0 Å². The molecular weight excluding hydrogens is 183 g/mol. The number of rotatable bonds is 3. The van der Waals surface area contributed by atoms with E-state index in [0.717, 1.165) is 6.19 Å². The van der Waals surface area contributed by atoms with E-state index in [4.69, 9.17) is 5.26 Å². The number of hydrogen-bond donors (Lipinski definition) is 0. The predicted molar refractivity (Wildman–Crippen MR) is 26.5 cm³/mol. The molecule has 6 nitrogen and oxygen atoms in total. The monoisotopic (exact) mass is 185 g/mol. The molecule has 0 aromatic carbocycles. The van der Waals surface area contributed by atoms with Gasteiger partial charge in [0.1, 0.15) is 5.17 Å². The van der Waals surface area contributed by atoms with Crippen molar-refractivity contribution >= 4 is 0 Å². The SMILES string of the molecule is N#CN(OCC(F)(F)F)[N+](=O)[O-]. The van der Waals surface area contributed by atoms with Gasteiger partial charge in [-0.25, -0.2) is 10.1 Å². The molecule has 12 heavy (non-hydrogen) atoms. The highest BCUT2D eigenvalue weighted by molar-refractivity contribution is 4.54. The van der Waals surface area contributed by atoms with Crippen molar-refractivity contribution in [2.45, 2.75) is 6.18 Å². The fourth-order valence-corrected chi connectivity index (χ4v) is 0.247. The first-order chi connectivity index (χ1) is 5.37. The average molecular weight is 185 g/mol. The van der Waals surface area contributed by atoms with Crippen molar-refractivity contribution in [2.24, 2.45) is 0 Å². The standard InChI is InChI=1S/C3H2F3N3O3/c4-3(5,6)1-12-8(2-7)9(10)11/h1H2. The number of halogens is 3. The van der Waals surface area contributed by atoms with Gasteiger partial charge in [-0.05, 0) is 0 Å². The molecule has 0 atom stereocenters. The van der Waals surface area contributed by atoms with E-state index in [1.165, 1.54) is 0 Å². The van der Waals surface area contributed by atoms with Gasteiger partial charge < -0.3 is 0 Å². The molecule has 0 aliphatic heterocycles. The number of nitriles is 1. The second kappa shape index (κ2) is 3.72. The highest BCUT2D eigenvalue weighted by atomic mass is 19.4. The molecule has 9 heteroatoms. The maximum Gasteiger partial charge on any atom is 0.414 e. The normalized spacial score (nSPS) is 10.5. The maximum atomic E-state index is 11.3. The van der Waals surface area contributed by atoms with Gasteiger partial charge in [0.15, 0.2) is 6.61 Å². The van der Waals surface area contributed by atoms with Crippen molar-refractivity contribution in [3.63, 3.8) is 0 Å². The third kappa shape index (κ3) is 4.29. The Hall–Kier alpha value is -1.56. The number of hydrogen-bond acceptors (Lipinski definition) is 4. The maximum absolute atomic E-state index is 11.3. The van der Waals surface area contributed by atoms with E-state index in [1.54, 1.807) is 0 Å². The van der Waals surface area contributed by atoms with E-state index < -0.39 is 23.0 Å². The molecule has 0 heterocycles. The van der Waals surface area contributed by atoms with Gasteiger partial charge in [-0.2, -0.15) is 23.3 Å². The Morgan fingerprint density at radius 3 is 2.42 bits per heavy atom. The molecular formula is C3H2F3N3O3. The van der Waals surface area contributed by atoms with Gasteiger partial charge in [-0.3, -0.25) is 0 Å². The van der Waals surface area contributed by atoms with E-state index in [9.17, 15) is 23.3 Å². The minimum atomic E-state index is -4.70. The largest absolute Gasteiger partial charge is 0.414 e. The summed E-state index contributed by atoms with van der Waals surface area (Å²) in [6.07, 6.45) is -3.92. The molecule has 0 saturated heterocycles. The molecule has 0 radical (unpaired) electrons. The van der Waals surface area contributed by atoms with Crippen LogP contribution in [0.15, 0.2) is 0 Å². The van der Waals surface area contributed by atoms with Crippen LogP contribution in [0.3, 0.4) is 0 Å². The van der Waals surface area contributed by atoms with Crippen LogP contribution in [0.1, 0.15) is 0 Å². The average Bonchev–Trinajstić information content (AvgIpc) is 1.85. The molecule has 0 spiro atoms. The van der Waals surface area contributed by atoms with Crippen LogP contribution in [0, 0.1) is 21.6 Å². The summed E-state index contributed by atoms with van der Waals surface area (Å²) in [7, 11) is 0. The molecule has 0 aromatic heterocycles. The quantitative estimate of drug-likeness (QED) is 0.276. The summed E-state index contributed by atoms with van der Waals surface area (Å²) < 4.78 is 34.0. The third-order valence-corrected chi connectivity index (χ3v) is 0.584. The summed E-state index contributed by atoms with van der Waals surface area (Å²) in [5.41, 5.74) is 0. The summed E-state index contributed by atoms with van der Waals surface area (Å²) in [5, 5.41) is 15.4. The lowest BCUT2D eigenvalue weighted by Crippen LogP contribution is -2.30. The summed E-state index contributed by atoms with van der Waals surface area (Å²) >= 11 is 0. The zero-order chi connectivity index (χ0) is 9.78. The zero-order valence-corrected chi connectivity index (χ0v) is 5.41. The molecule has 0 N–H and O–H groups in total. The Morgan fingerprint density at radius 2 is 2.17 bits per heavy atom. The van der Waals surface area contributed by atoms with Crippen molar-refractivity contribution < 1.29 is 23.0 Å². The molecule has 0 bridgehead atoms.